The highest BCUT2D eigenvalue weighted by molar-refractivity contribution is 6.37. The summed E-state index contributed by atoms with van der Waals surface area (Å²) in [5.41, 5.74) is 1.40. The molecule has 2 rings (SSSR count). The Labute approximate surface area is 139 Å². The molecule has 0 radical (unpaired) electrons. The Morgan fingerprint density at radius 3 is 2.32 bits per heavy atom. The SMILES string of the molecule is COc1c(Cl)cc(NCCOc2ccc(C#N)cc2)cc1Cl. The van der Waals surface area contributed by atoms with Gasteiger partial charge < -0.3 is 14.8 Å². The molecule has 6 heteroatoms. The molecule has 0 aliphatic rings. The Balaban J connectivity index is 1.85. The first-order valence-corrected chi connectivity index (χ1v) is 7.29. The van der Waals surface area contributed by atoms with Gasteiger partial charge in [-0.2, -0.15) is 5.26 Å². The largest absolute Gasteiger partial charge is 0.494 e. The van der Waals surface area contributed by atoms with Crippen LogP contribution in [0.1, 0.15) is 5.56 Å². The fraction of sp³-hybridized carbons (Fsp3) is 0.188. The molecule has 2 aromatic carbocycles. The quantitative estimate of drug-likeness (QED) is 0.796. The molecule has 0 saturated carbocycles. The maximum atomic E-state index is 8.72. The molecule has 0 unspecified atom stereocenters. The summed E-state index contributed by atoms with van der Waals surface area (Å²) in [6, 6.07) is 12.5. The van der Waals surface area contributed by atoms with Gasteiger partial charge in [0.25, 0.3) is 0 Å². The fourth-order valence-electron chi connectivity index (χ4n) is 1.85. The van der Waals surface area contributed by atoms with Gasteiger partial charge in [-0.3, -0.25) is 0 Å². The molecular weight excluding hydrogens is 323 g/mol. The number of methoxy groups -OCH3 is 1. The maximum Gasteiger partial charge on any atom is 0.156 e. The normalized spacial score (nSPS) is 9.91. The zero-order valence-corrected chi connectivity index (χ0v) is 13.4. The molecule has 0 fully saturated rings. The van der Waals surface area contributed by atoms with Gasteiger partial charge in [-0.15, -0.1) is 0 Å². The van der Waals surface area contributed by atoms with Crippen LogP contribution in [0.5, 0.6) is 11.5 Å². The fourth-order valence-corrected chi connectivity index (χ4v) is 2.49. The highest BCUT2D eigenvalue weighted by Crippen LogP contribution is 2.35. The molecule has 0 aromatic heterocycles. The minimum absolute atomic E-state index is 0.450. The monoisotopic (exact) mass is 336 g/mol. The molecule has 0 heterocycles. The first-order valence-electron chi connectivity index (χ1n) is 6.54. The summed E-state index contributed by atoms with van der Waals surface area (Å²) in [4.78, 5) is 0. The summed E-state index contributed by atoms with van der Waals surface area (Å²) in [6.07, 6.45) is 0. The van der Waals surface area contributed by atoms with E-state index in [9.17, 15) is 0 Å². The number of nitrogens with zero attached hydrogens (tertiary/aromatic N) is 1. The van der Waals surface area contributed by atoms with Crippen molar-refractivity contribution < 1.29 is 9.47 Å². The van der Waals surface area contributed by atoms with E-state index in [0.717, 1.165) is 5.69 Å². The van der Waals surface area contributed by atoms with Crippen LogP contribution in [-0.4, -0.2) is 20.3 Å². The molecule has 22 heavy (non-hydrogen) atoms. The lowest BCUT2D eigenvalue weighted by Crippen LogP contribution is -2.11. The second-order valence-electron chi connectivity index (χ2n) is 4.38. The van der Waals surface area contributed by atoms with Crippen LogP contribution in [0, 0.1) is 11.3 Å². The zero-order valence-electron chi connectivity index (χ0n) is 11.9. The minimum atomic E-state index is 0.450. The first kappa shape index (κ1) is 16.3. The Hall–Kier alpha value is -2.09. The molecule has 2 aromatic rings. The van der Waals surface area contributed by atoms with Gasteiger partial charge in [-0.1, -0.05) is 23.2 Å². The number of halogens is 2. The van der Waals surface area contributed by atoms with E-state index in [1.807, 2.05) is 0 Å². The average Bonchev–Trinajstić information content (AvgIpc) is 2.52. The lowest BCUT2D eigenvalue weighted by Gasteiger charge is -2.11. The van der Waals surface area contributed by atoms with E-state index in [1.54, 1.807) is 36.4 Å². The highest BCUT2D eigenvalue weighted by Gasteiger charge is 2.08. The maximum absolute atomic E-state index is 8.72. The number of rotatable bonds is 6. The second kappa shape index (κ2) is 7.79. The van der Waals surface area contributed by atoms with E-state index >= 15 is 0 Å². The topological polar surface area (TPSA) is 54.3 Å². The van der Waals surface area contributed by atoms with E-state index < -0.39 is 0 Å². The number of anilines is 1. The van der Waals surface area contributed by atoms with E-state index in [2.05, 4.69) is 11.4 Å². The Bertz CT molecular complexity index is 659. The summed E-state index contributed by atoms with van der Waals surface area (Å²) in [6.45, 7) is 1.05. The summed E-state index contributed by atoms with van der Waals surface area (Å²) in [7, 11) is 1.52. The van der Waals surface area contributed by atoms with Crippen LogP contribution in [0.2, 0.25) is 10.0 Å². The third-order valence-electron chi connectivity index (χ3n) is 2.89. The van der Waals surface area contributed by atoms with Gasteiger partial charge >= 0.3 is 0 Å². The predicted molar refractivity (Wildman–Crippen MR) is 88.2 cm³/mol. The predicted octanol–water partition coefficient (Wildman–Crippen LogP) is 4.36. The molecule has 4 nitrogen and oxygen atoms in total. The van der Waals surface area contributed by atoms with Crippen LogP contribution >= 0.6 is 23.2 Å². The van der Waals surface area contributed by atoms with E-state index in [0.29, 0.717) is 40.3 Å². The van der Waals surface area contributed by atoms with Gasteiger partial charge in [-0.05, 0) is 36.4 Å². The van der Waals surface area contributed by atoms with Crippen molar-refractivity contribution in [3.8, 4) is 17.6 Å². The average molecular weight is 337 g/mol. The summed E-state index contributed by atoms with van der Waals surface area (Å²) in [5, 5.41) is 12.8. The van der Waals surface area contributed by atoms with E-state index in [-0.39, 0.29) is 0 Å². The number of nitrogens with one attached hydrogen (secondary N) is 1. The summed E-state index contributed by atoms with van der Waals surface area (Å²) in [5.74, 6) is 1.18. The van der Waals surface area contributed by atoms with Crippen LogP contribution in [0.3, 0.4) is 0 Å². The van der Waals surface area contributed by atoms with Crippen molar-refractivity contribution in [1.29, 1.82) is 5.26 Å². The van der Waals surface area contributed by atoms with E-state index in [4.69, 9.17) is 37.9 Å². The van der Waals surface area contributed by atoms with Crippen molar-refractivity contribution in [1.82, 2.24) is 0 Å². The van der Waals surface area contributed by atoms with Gasteiger partial charge in [-0.25, -0.2) is 0 Å². The van der Waals surface area contributed by atoms with Crippen LogP contribution < -0.4 is 14.8 Å². The number of nitriles is 1. The highest BCUT2D eigenvalue weighted by atomic mass is 35.5. The van der Waals surface area contributed by atoms with Crippen molar-refractivity contribution in [3.05, 3.63) is 52.0 Å². The Morgan fingerprint density at radius 1 is 1.14 bits per heavy atom. The van der Waals surface area contributed by atoms with Crippen molar-refractivity contribution in [3.63, 3.8) is 0 Å². The lowest BCUT2D eigenvalue weighted by molar-refractivity contribution is 0.333. The standard InChI is InChI=1S/C16H14Cl2N2O2/c1-21-16-14(17)8-12(9-15(16)18)20-6-7-22-13-4-2-11(10-19)3-5-13/h2-5,8-9,20H,6-7H2,1H3. The molecule has 0 spiro atoms. The van der Waals surface area contributed by atoms with Crippen molar-refractivity contribution in [2.75, 3.05) is 25.6 Å². The molecular formula is C16H14Cl2N2O2. The Morgan fingerprint density at radius 2 is 1.77 bits per heavy atom. The number of benzene rings is 2. The van der Waals surface area contributed by atoms with Gasteiger partial charge in [0.05, 0.1) is 28.8 Å². The van der Waals surface area contributed by atoms with Crippen molar-refractivity contribution >= 4 is 28.9 Å². The van der Waals surface area contributed by atoms with E-state index in [1.165, 1.54) is 7.11 Å². The van der Waals surface area contributed by atoms with Crippen molar-refractivity contribution in [2.24, 2.45) is 0 Å². The third kappa shape index (κ3) is 4.20. The van der Waals surface area contributed by atoms with Gasteiger partial charge in [0.15, 0.2) is 5.75 Å². The number of hydrogen-bond donors (Lipinski definition) is 1. The van der Waals surface area contributed by atoms with Gasteiger partial charge in [0.2, 0.25) is 0 Å². The molecule has 114 valence electrons. The van der Waals surface area contributed by atoms with Crippen LogP contribution in [0.4, 0.5) is 5.69 Å². The smallest absolute Gasteiger partial charge is 0.156 e. The molecule has 0 aliphatic carbocycles. The van der Waals surface area contributed by atoms with Crippen molar-refractivity contribution in [2.45, 2.75) is 0 Å². The molecule has 0 bridgehead atoms. The zero-order chi connectivity index (χ0) is 15.9. The molecule has 0 atom stereocenters. The Kier molecular flexibility index (Phi) is 5.76. The van der Waals surface area contributed by atoms with Crippen LogP contribution in [0.25, 0.3) is 0 Å². The van der Waals surface area contributed by atoms with Crippen LogP contribution in [0.15, 0.2) is 36.4 Å². The first-order chi connectivity index (χ1) is 10.6. The molecule has 0 amide bonds. The summed E-state index contributed by atoms with van der Waals surface area (Å²) < 4.78 is 10.7. The van der Waals surface area contributed by atoms with Gasteiger partial charge in [0.1, 0.15) is 12.4 Å². The summed E-state index contributed by atoms with van der Waals surface area (Å²) >= 11 is 12.1. The minimum Gasteiger partial charge on any atom is -0.494 e. The molecule has 1 N–H and O–H groups in total. The second-order valence-corrected chi connectivity index (χ2v) is 5.20. The number of hydrogen-bond acceptors (Lipinski definition) is 4. The van der Waals surface area contributed by atoms with Gasteiger partial charge in [0, 0.05) is 12.2 Å². The third-order valence-corrected chi connectivity index (χ3v) is 3.45. The lowest BCUT2D eigenvalue weighted by atomic mass is 10.2. The molecule has 0 aliphatic heterocycles. The van der Waals surface area contributed by atoms with Crippen LogP contribution in [-0.2, 0) is 0 Å². The molecule has 0 saturated heterocycles. The number of ether oxygens (including phenoxy) is 2.